The van der Waals surface area contributed by atoms with Crippen LogP contribution in [-0.4, -0.2) is 11.6 Å². The number of fused-ring (bicyclic) bond motifs is 4. The van der Waals surface area contributed by atoms with Crippen molar-refractivity contribution < 1.29 is 27.2 Å². The summed E-state index contributed by atoms with van der Waals surface area (Å²) < 4.78 is 57.3. The van der Waals surface area contributed by atoms with Crippen LogP contribution in [0.15, 0.2) is 91.5 Å². The Balaban J connectivity index is 1.43. The van der Waals surface area contributed by atoms with Crippen molar-refractivity contribution in [2.75, 3.05) is 4.90 Å². The smallest absolute Gasteiger partial charge is 0.200 e. The molecule has 2 heterocycles. The van der Waals surface area contributed by atoms with E-state index in [0.717, 1.165) is 48.3 Å². The fourth-order valence-electron chi connectivity index (χ4n) is 6.59. The summed E-state index contributed by atoms with van der Waals surface area (Å²) in [5, 5.41) is 0. The molecule has 0 amide bonds. The van der Waals surface area contributed by atoms with Crippen molar-refractivity contribution in [2.24, 2.45) is 0 Å². The Morgan fingerprint density at radius 2 is 1.20 bits per heavy atom. The quantitative estimate of drug-likeness (QED) is 0.0629. The first-order chi connectivity index (χ1) is 21.3. The highest BCUT2D eigenvalue weighted by molar-refractivity contribution is 8.05. The van der Waals surface area contributed by atoms with Gasteiger partial charge in [0.1, 0.15) is 0 Å². The van der Waals surface area contributed by atoms with Crippen LogP contribution < -0.4 is 4.90 Å². The van der Waals surface area contributed by atoms with Gasteiger partial charge >= 0.3 is 0 Å². The number of carbonyl (C=O) groups excluding carboxylic acids is 2. The minimum atomic E-state index is -2.13. The van der Waals surface area contributed by atoms with Gasteiger partial charge in [0.25, 0.3) is 0 Å². The first-order valence-corrected chi connectivity index (χ1v) is 15.8. The topological polar surface area (TPSA) is 37.4 Å². The van der Waals surface area contributed by atoms with Gasteiger partial charge < -0.3 is 4.90 Å². The van der Waals surface area contributed by atoms with E-state index in [4.69, 9.17) is 0 Å². The van der Waals surface area contributed by atoms with Crippen molar-refractivity contribution in [3.05, 3.63) is 129 Å². The van der Waals surface area contributed by atoms with Gasteiger partial charge in [-0.2, -0.15) is 0 Å². The molecule has 3 nitrogen and oxygen atoms in total. The molecule has 4 aromatic carbocycles. The lowest BCUT2D eigenvalue weighted by Crippen LogP contribution is -2.24. The maximum atomic E-state index is 14.6. The zero-order valence-corrected chi connectivity index (χ0v) is 26.5. The molecule has 0 aromatic heterocycles. The summed E-state index contributed by atoms with van der Waals surface area (Å²) in [6.45, 7) is 10.1. The number of hydrogen-bond acceptors (Lipinski definition) is 5. The van der Waals surface area contributed by atoms with E-state index in [-0.39, 0.29) is 0 Å². The maximum absolute atomic E-state index is 14.6. The van der Waals surface area contributed by atoms with E-state index in [1.54, 1.807) is 29.6 Å². The minimum absolute atomic E-state index is 0.565. The van der Waals surface area contributed by atoms with E-state index in [1.807, 2.05) is 46.8 Å². The molecule has 0 saturated carbocycles. The molecule has 9 heteroatoms. The fraction of sp³-hybridized carbons (Fsp3) is 0.167. The minimum Gasteiger partial charge on any atom is -0.312 e. The third-order valence-corrected chi connectivity index (χ3v) is 11.1. The maximum Gasteiger partial charge on any atom is 0.200 e. The highest BCUT2D eigenvalue weighted by atomic mass is 32.2. The largest absolute Gasteiger partial charge is 0.312 e. The number of Topliss-reactive ketones (excluding diaryl/α,β-unsaturated/α-hetero) is 2. The lowest BCUT2D eigenvalue weighted by Gasteiger charge is -2.30. The van der Waals surface area contributed by atoms with Crippen LogP contribution in [0.25, 0.3) is 0 Å². The highest BCUT2D eigenvalue weighted by Crippen LogP contribution is 2.58. The molecule has 0 radical (unpaired) electrons. The van der Waals surface area contributed by atoms with Gasteiger partial charge in [0.05, 0.1) is 28.1 Å². The van der Waals surface area contributed by atoms with Gasteiger partial charge in [0, 0.05) is 30.7 Å². The van der Waals surface area contributed by atoms with Crippen LogP contribution in [0.5, 0.6) is 0 Å². The molecule has 0 atom stereocenters. The standard InChI is InChI=1S/C36H25F4NO2S2/c1-16-12-17(2)33(18(3)13-16)41-21-15-25-24(44-22-8-6-7-9-23(22)45-25)14-20(21)36(4,5)26(41)11-10-19-34(42)27-28(35(19)43)30(38)32(40)31(39)29(27)37/h6-15H,1-5H3/b26-11+. The molecule has 45 heavy (non-hydrogen) atoms. The van der Waals surface area contributed by atoms with Gasteiger partial charge in [-0.05, 0) is 73.9 Å². The number of aryl methyl sites for hydroxylation is 3. The number of anilines is 2. The number of carbonyl (C=O) groups is 2. The van der Waals surface area contributed by atoms with E-state index in [1.165, 1.54) is 11.0 Å². The van der Waals surface area contributed by atoms with Crippen molar-refractivity contribution in [3.8, 4) is 0 Å². The Kier molecular flexibility index (Phi) is 6.73. The molecule has 0 bridgehead atoms. The van der Waals surface area contributed by atoms with Crippen LogP contribution in [0.4, 0.5) is 28.9 Å². The lowest BCUT2D eigenvalue weighted by molar-refractivity contribution is 0.0986. The summed E-state index contributed by atoms with van der Waals surface area (Å²) in [6, 6.07) is 16.7. The summed E-state index contributed by atoms with van der Waals surface area (Å²) in [7, 11) is 0. The van der Waals surface area contributed by atoms with Gasteiger partial charge in [-0.15, -0.1) is 0 Å². The monoisotopic (exact) mass is 643 g/mol. The van der Waals surface area contributed by atoms with Crippen molar-refractivity contribution in [3.63, 3.8) is 0 Å². The van der Waals surface area contributed by atoms with Crippen molar-refractivity contribution in [1.82, 2.24) is 0 Å². The van der Waals surface area contributed by atoms with E-state index >= 15 is 0 Å². The van der Waals surface area contributed by atoms with Gasteiger partial charge in [0.15, 0.2) is 23.3 Å². The number of benzene rings is 4. The summed E-state index contributed by atoms with van der Waals surface area (Å²) in [5.74, 6) is -10.4. The summed E-state index contributed by atoms with van der Waals surface area (Å²) in [6.07, 6.45) is 2.82. The van der Waals surface area contributed by atoms with Crippen LogP contribution in [-0.2, 0) is 5.41 Å². The third kappa shape index (κ3) is 4.27. The SMILES string of the molecule is Cc1cc(C)c(N2/C(=C/C=C3C(=O)c4c(F)c(F)c(F)c(F)c4C3=O)C(C)(C)c3cc4c(cc32)Sc2ccccc2S4)c(C)c1. The number of allylic oxidation sites excluding steroid dienone is 4. The normalized spacial score (nSPS) is 17.0. The molecule has 1 aliphatic carbocycles. The number of hydrogen-bond donors (Lipinski definition) is 0. The molecule has 3 aliphatic rings. The third-order valence-electron chi connectivity index (χ3n) is 8.62. The zero-order valence-electron chi connectivity index (χ0n) is 24.9. The highest BCUT2D eigenvalue weighted by Gasteiger charge is 2.45. The second kappa shape index (κ2) is 10.2. The van der Waals surface area contributed by atoms with E-state index < -0.39 is 57.0 Å². The Bertz CT molecular complexity index is 2040. The molecular formula is C36H25F4NO2S2. The molecule has 0 spiro atoms. The van der Waals surface area contributed by atoms with Crippen LogP contribution in [0.3, 0.4) is 0 Å². The average molecular weight is 644 g/mol. The second-order valence-corrected chi connectivity index (χ2v) is 14.1. The Morgan fingerprint density at radius 1 is 0.689 bits per heavy atom. The Labute approximate surface area is 266 Å². The predicted molar refractivity (Wildman–Crippen MR) is 168 cm³/mol. The summed E-state index contributed by atoms with van der Waals surface area (Å²) in [4.78, 5) is 33.0. The van der Waals surface area contributed by atoms with Crippen LogP contribution in [0.1, 0.15) is 56.8 Å². The number of ketones is 2. The molecular weight excluding hydrogens is 619 g/mol. The van der Waals surface area contributed by atoms with Crippen molar-refractivity contribution in [1.29, 1.82) is 0 Å². The van der Waals surface area contributed by atoms with Crippen molar-refractivity contribution in [2.45, 2.75) is 59.6 Å². The van der Waals surface area contributed by atoms with Gasteiger partial charge in [-0.3, -0.25) is 9.59 Å². The predicted octanol–water partition coefficient (Wildman–Crippen LogP) is 10.1. The van der Waals surface area contributed by atoms with Crippen LogP contribution in [0, 0.1) is 44.0 Å². The molecule has 2 aliphatic heterocycles. The second-order valence-electron chi connectivity index (χ2n) is 12.0. The summed E-state index contributed by atoms with van der Waals surface area (Å²) in [5.41, 5.74) is 3.32. The van der Waals surface area contributed by atoms with E-state index in [0.29, 0.717) is 5.70 Å². The van der Waals surface area contributed by atoms with Crippen LogP contribution >= 0.6 is 23.5 Å². The number of halogens is 4. The van der Waals surface area contributed by atoms with E-state index in [2.05, 4.69) is 41.3 Å². The zero-order chi connectivity index (χ0) is 32.1. The van der Waals surface area contributed by atoms with E-state index in [9.17, 15) is 27.2 Å². The molecule has 0 N–H and O–H groups in total. The first kappa shape index (κ1) is 29.6. The number of rotatable bonds is 2. The molecule has 0 fully saturated rings. The Morgan fingerprint density at radius 3 is 1.73 bits per heavy atom. The molecule has 0 saturated heterocycles. The van der Waals surface area contributed by atoms with Gasteiger partial charge in [-0.25, -0.2) is 17.6 Å². The van der Waals surface area contributed by atoms with Crippen molar-refractivity contribution >= 4 is 46.5 Å². The van der Waals surface area contributed by atoms with Gasteiger partial charge in [-0.1, -0.05) is 67.2 Å². The fourth-order valence-corrected chi connectivity index (χ4v) is 8.86. The number of nitrogens with zero attached hydrogens (tertiary/aromatic N) is 1. The molecule has 4 aromatic rings. The average Bonchev–Trinajstić information content (AvgIpc) is 3.36. The summed E-state index contributed by atoms with van der Waals surface area (Å²) >= 11 is 3.39. The molecule has 7 rings (SSSR count). The first-order valence-electron chi connectivity index (χ1n) is 14.2. The lowest BCUT2D eigenvalue weighted by atomic mass is 9.83. The van der Waals surface area contributed by atoms with Gasteiger partial charge in [0.2, 0.25) is 11.6 Å². The molecule has 0 unspecified atom stereocenters. The van der Waals surface area contributed by atoms with Crippen LogP contribution in [0.2, 0.25) is 0 Å². The molecule has 226 valence electrons. The Hall–Kier alpha value is -4.08.